The predicted octanol–water partition coefficient (Wildman–Crippen LogP) is 5.29. The number of carbonyl (C=O) groups is 1. The molecule has 1 amide bonds. The third-order valence-corrected chi connectivity index (χ3v) is 4.77. The molecule has 2 aromatic carbocycles. The Morgan fingerprint density at radius 2 is 1.74 bits per heavy atom. The Balaban J connectivity index is 2.12. The lowest BCUT2D eigenvalue weighted by molar-refractivity contribution is 0.0740. The maximum absolute atomic E-state index is 12.8. The number of carbonyl (C=O) groups excluding carboxylic acids is 1. The van der Waals surface area contributed by atoms with Gasteiger partial charge in [-0.3, -0.25) is 4.79 Å². The summed E-state index contributed by atoms with van der Waals surface area (Å²) in [5.41, 5.74) is 1.95. The van der Waals surface area contributed by atoms with Gasteiger partial charge in [0, 0.05) is 22.2 Å². The summed E-state index contributed by atoms with van der Waals surface area (Å²) in [5.74, 6) is 0.101. The average molecular weight is 419 g/mol. The zero-order valence-electron chi connectivity index (χ0n) is 13.2. The van der Waals surface area contributed by atoms with E-state index >= 15 is 0 Å². The minimum absolute atomic E-state index is 0.101. The monoisotopic (exact) mass is 419 g/mol. The first-order valence-corrected chi connectivity index (χ1v) is 8.99. The average Bonchev–Trinajstić information content (AvgIpc) is 2.59. The van der Waals surface area contributed by atoms with Crippen LogP contribution in [0, 0.1) is 3.57 Å². The number of allylic oxidation sites excluding steroid dienone is 1. The Kier molecular flexibility index (Phi) is 7.33. The van der Waals surface area contributed by atoms with Crippen molar-refractivity contribution in [2.75, 3.05) is 6.54 Å². The van der Waals surface area contributed by atoms with Crippen LogP contribution in [0.4, 0.5) is 0 Å². The van der Waals surface area contributed by atoms with Crippen LogP contribution in [0.5, 0.6) is 0 Å². The number of halogens is 1. The van der Waals surface area contributed by atoms with E-state index in [1.807, 2.05) is 53.4 Å². The minimum Gasteiger partial charge on any atom is -0.334 e. The van der Waals surface area contributed by atoms with E-state index in [1.165, 1.54) is 9.13 Å². The zero-order valence-corrected chi connectivity index (χ0v) is 15.4. The van der Waals surface area contributed by atoms with Gasteiger partial charge in [0.25, 0.3) is 5.91 Å². The molecular weight excluding hydrogens is 397 g/mol. The van der Waals surface area contributed by atoms with Gasteiger partial charge >= 0.3 is 0 Å². The number of amides is 1. The lowest BCUT2D eigenvalue weighted by Crippen LogP contribution is -2.31. The Labute approximate surface area is 152 Å². The molecule has 23 heavy (non-hydrogen) atoms. The van der Waals surface area contributed by atoms with Crippen LogP contribution in [0.15, 0.2) is 67.3 Å². The van der Waals surface area contributed by atoms with E-state index in [9.17, 15) is 4.79 Å². The molecule has 0 aliphatic rings. The van der Waals surface area contributed by atoms with E-state index in [0.717, 1.165) is 31.4 Å². The second-order valence-corrected chi connectivity index (χ2v) is 6.63. The van der Waals surface area contributed by atoms with Crippen molar-refractivity contribution in [3.8, 4) is 0 Å². The molecule has 0 aliphatic heterocycles. The molecule has 0 fully saturated rings. The summed E-state index contributed by atoms with van der Waals surface area (Å²) < 4.78 is 1.20. The molecule has 0 aromatic heterocycles. The van der Waals surface area contributed by atoms with Crippen molar-refractivity contribution >= 4 is 28.5 Å². The van der Waals surface area contributed by atoms with Gasteiger partial charge in [-0.05, 0) is 65.6 Å². The fourth-order valence-electron chi connectivity index (χ4n) is 2.44. The quantitative estimate of drug-likeness (QED) is 0.324. The first-order chi connectivity index (χ1) is 11.2. The smallest absolute Gasteiger partial charge is 0.254 e. The topological polar surface area (TPSA) is 20.3 Å². The van der Waals surface area contributed by atoms with Crippen molar-refractivity contribution in [2.24, 2.45) is 0 Å². The van der Waals surface area contributed by atoms with Crippen LogP contribution in [-0.4, -0.2) is 17.4 Å². The van der Waals surface area contributed by atoms with Gasteiger partial charge in [0.15, 0.2) is 0 Å². The first kappa shape index (κ1) is 17.7. The van der Waals surface area contributed by atoms with Crippen molar-refractivity contribution in [3.05, 3.63) is 81.9 Å². The van der Waals surface area contributed by atoms with Gasteiger partial charge in [0.05, 0.1) is 0 Å². The molecule has 0 bridgehead atoms. The molecule has 2 nitrogen and oxygen atoms in total. The number of nitrogens with zero attached hydrogens (tertiary/aromatic N) is 1. The predicted molar refractivity (Wildman–Crippen MR) is 104 cm³/mol. The van der Waals surface area contributed by atoms with E-state index < -0.39 is 0 Å². The van der Waals surface area contributed by atoms with Crippen LogP contribution in [0.1, 0.15) is 35.2 Å². The standard InChI is InChI=1S/C20H22INO/c1-2-3-4-10-15-22(16-18-13-8-9-14-19(18)21)20(23)17-11-6-5-7-12-17/h2,5-9,11-14H,1,3-4,10,15-16H2. The molecule has 0 unspecified atom stereocenters. The highest BCUT2D eigenvalue weighted by atomic mass is 127. The van der Waals surface area contributed by atoms with E-state index in [0.29, 0.717) is 6.54 Å². The third kappa shape index (κ3) is 5.50. The number of hydrogen-bond acceptors (Lipinski definition) is 1. The highest BCUT2D eigenvalue weighted by Gasteiger charge is 2.16. The minimum atomic E-state index is 0.101. The van der Waals surface area contributed by atoms with E-state index in [4.69, 9.17) is 0 Å². The second kappa shape index (κ2) is 9.50. The summed E-state index contributed by atoms with van der Waals surface area (Å²) in [6, 6.07) is 17.8. The lowest BCUT2D eigenvalue weighted by Gasteiger charge is -2.23. The zero-order chi connectivity index (χ0) is 16.5. The molecular formula is C20H22INO. The summed E-state index contributed by atoms with van der Waals surface area (Å²) in [6.45, 7) is 5.18. The lowest BCUT2D eigenvalue weighted by atomic mass is 10.1. The molecule has 0 N–H and O–H groups in total. The highest BCUT2D eigenvalue weighted by molar-refractivity contribution is 14.1. The molecule has 0 radical (unpaired) electrons. The van der Waals surface area contributed by atoms with Gasteiger partial charge in [0.1, 0.15) is 0 Å². The third-order valence-electron chi connectivity index (χ3n) is 3.71. The van der Waals surface area contributed by atoms with Gasteiger partial charge in [-0.15, -0.1) is 6.58 Å². The van der Waals surface area contributed by atoms with Crippen LogP contribution < -0.4 is 0 Å². The van der Waals surface area contributed by atoms with E-state index in [2.05, 4.69) is 41.3 Å². The second-order valence-electron chi connectivity index (χ2n) is 5.47. The van der Waals surface area contributed by atoms with E-state index in [1.54, 1.807) is 0 Å². The Morgan fingerprint density at radius 3 is 2.43 bits per heavy atom. The highest BCUT2D eigenvalue weighted by Crippen LogP contribution is 2.16. The van der Waals surface area contributed by atoms with Crippen molar-refractivity contribution < 1.29 is 4.79 Å². The van der Waals surface area contributed by atoms with Crippen molar-refractivity contribution in [2.45, 2.75) is 25.8 Å². The Morgan fingerprint density at radius 1 is 1.04 bits per heavy atom. The summed E-state index contributed by atoms with van der Waals surface area (Å²) in [5, 5.41) is 0. The van der Waals surface area contributed by atoms with Crippen LogP contribution in [0.25, 0.3) is 0 Å². The summed E-state index contributed by atoms with van der Waals surface area (Å²) in [7, 11) is 0. The molecule has 2 aromatic rings. The summed E-state index contributed by atoms with van der Waals surface area (Å²) in [4.78, 5) is 14.8. The maximum Gasteiger partial charge on any atom is 0.254 e. The van der Waals surface area contributed by atoms with Gasteiger partial charge in [-0.2, -0.15) is 0 Å². The number of unbranched alkanes of at least 4 members (excludes halogenated alkanes) is 2. The molecule has 0 saturated carbocycles. The molecule has 120 valence electrons. The normalized spacial score (nSPS) is 10.3. The van der Waals surface area contributed by atoms with E-state index in [-0.39, 0.29) is 5.91 Å². The van der Waals surface area contributed by atoms with Crippen molar-refractivity contribution in [1.82, 2.24) is 4.90 Å². The van der Waals surface area contributed by atoms with Crippen molar-refractivity contribution in [1.29, 1.82) is 0 Å². The van der Waals surface area contributed by atoms with Gasteiger partial charge < -0.3 is 4.90 Å². The molecule has 0 atom stereocenters. The summed E-state index contributed by atoms with van der Waals surface area (Å²) >= 11 is 2.33. The maximum atomic E-state index is 12.8. The van der Waals surface area contributed by atoms with Crippen LogP contribution in [0.3, 0.4) is 0 Å². The molecule has 0 heterocycles. The van der Waals surface area contributed by atoms with Gasteiger partial charge in [-0.1, -0.05) is 42.5 Å². The van der Waals surface area contributed by atoms with Crippen LogP contribution >= 0.6 is 22.6 Å². The Bertz CT molecular complexity index is 639. The molecule has 0 spiro atoms. The number of hydrogen-bond donors (Lipinski definition) is 0. The summed E-state index contributed by atoms with van der Waals surface area (Å²) in [6.07, 6.45) is 4.99. The number of benzene rings is 2. The molecule has 2 rings (SSSR count). The fourth-order valence-corrected chi connectivity index (χ4v) is 3.00. The Hall–Kier alpha value is -1.62. The molecule has 0 saturated heterocycles. The van der Waals surface area contributed by atoms with Crippen LogP contribution in [0.2, 0.25) is 0 Å². The van der Waals surface area contributed by atoms with Gasteiger partial charge in [0.2, 0.25) is 0 Å². The SMILES string of the molecule is C=CCCCCN(Cc1ccccc1I)C(=O)c1ccccc1. The molecule has 0 aliphatic carbocycles. The first-order valence-electron chi connectivity index (χ1n) is 7.91. The molecule has 3 heteroatoms. The van der Waals surface area contributed by atoms with Gasteiger partial charge in [-0.25, -0.2) is 0 Å². The largest absolute Gasteiger partial charge is 0.334 e. The fraction of sp³-hybridized carbons (Fsp3) is 0.250. The van der Waals surface area contributed by atoms with Crippen LogP contribution in [-0.2, 0) is 6.54 Å². The van der Waals surface area contributed by atoms with Crippen molar-refractivity contribution in [3.63, 3.8) is 0 Å². The number of rotatable bonds is 8.